The van der Waals surface area contributed by atoms with E-state index in [2.05, 4.69) is 20.3 Å². The monoisotopic (exact) mass is 375 g/mol. The van der Waals surface area contributed by atoms with Crippen LogP contribution in [0.15, 0.2) is 60.8 Å². The predicted octanol–water partition coefficient (Wildman–Crippen LogP) is 3.84. The predicted molar refractivity (Wildman–Crippen MR) is 110 cm³/mol. The molecule has 1 aromatic carbocycles. The van der Waals surface area contributed by atoms with Gasteiger partial charge in [-0.05, 0) is 38.5 Å². The van der Waals surface area contributed by atoms with Gasteiger partial charge < -0.3 is 10.2 Å². The van der Waals surface area contributed by atoms with Crippen LogP contribution in [0.25, 0.3) is 0 Å². The summed E-state index contributed by atoms with van der Waals surface area (Å²) in [5.74, 6) is 1.06. The Hall–Kier alpha value is -3.28. The smallest absolute Gasteiger partial charge is 0.273 e. The van der Waals surface area contributed by atoms with Crippen LogP contribution >= 0.6 is 0 Å². The Morgan fingerprint density at radius 3 is 2.50 bits per heavy atom. The number of amides is 1. The molecule has 0 saturated carbocycles. The van der Waals surface area contributed by atoms with Gasteiger partial charge in [-0.2, -0.15) is 0 Å². The first-order valence-electron chi connectivity index (χ1n) is 9.37. The molecular formula is C22H25N5O. The highest BCUT2D eigenvalue weighted by Crippen LogP contribution is 2.15. The van der Waals surface area contributed by atoms with Gasteiger partial charge in [-0.15, -0.1) is 0 Å². The summed E-state index contributed by atoms with van der Waals surface area (Å²) in [7, 11) is 0. The van der Waals surface area contributed by atoms with Gasteiger partial charge in [0.15, 0.2) is 0 Å². The van der Waals surface area contributed by atoms with Crippen LogP contribution in [0.5, 0.6) is 0 Å². The van der Waals surface area contributed by atoms with Crippen molar-refractivity contribution in [3.8, 4) is 0 Å². The van der Waals surface area contributed by atoms with Crippen LogP contribution < -0.4 is 5.32 Å². The highest BCUT2D eigenvalue weighted by molar-refractivity contribution is 5.93. The van der Waals surface area contributed by atoms with Gasteiger partial charge in [0.2, 0.25) is 0 Å². The average Bonchev–Trinajstić information content (AvgIpc) is 2.71. The average molecular weight is 375 g/mol. The summed E-state index contributed by atoms with van der Waals surface area (Å²) in [6, 6.07) is 17.5. The molecule has 0 atom stereocenters. The largest absolute Gasteiger partial charge is 0.364 e. The molecule has 6 heteroatoms. The van der Waals surface area contributed by atoms with E-state index in [1.165, 1.54) is 0 Å². The number of carbonyl (C=O) groups excluding carboxylic acids is 1. The van der Waals surface area contributed by atoms with E-state index in [0.29, 0.717) is 30.4 Å². The maximum absolute atomic E-state index is 13.2. The second-order valence-corrected chi connectivity index (χ2v) is 6.87. The molecule has 6 nitrogen and oxygen atoms in total. The molecule has 2 aromatic heterocycles. The van der Waals surface area contributed by atoms with Crippen molar-refractivity contribution in [2.45, 2.75) is 39.9 Å². The second kappa shape index (κ2) is 9.08. The molecule has 2 heterocycles. The highest BCUT2D eigenvalue weighted by Gasteiger charge is 2.21. The van der Waals surface area contributed by atoms with E-state index in [-0.39, 0.29) is 11.9 Å². The van der Waals surface area contributed by atoms with Gasteiger partial charge in [0.1, 0.15) is 17.3 Å². The number of anilines is 1. The fourth-order valence-corrected chi connectivity index (χ4v) is 2.87. The molecule has 1 amide bonds. The summed E-state index contributed by atoms with van der Waals surface area (Å²) >= 11 is 0. The Morgan fingerprint density at radius 1 is 1.07 bits per heavy atom. The standard InChI is InChI=1S/C22H25N5O/c1-16(2)27(15-18-9-5-4-6-10-18)22(28)20-13-21(26-17(3)25-20)24-14-19-11-7-8-12-23-19/h4-13,16H,14-15H2,1-3H3,(H,24,25,26). The zero-order valence-electron chi connectivity index (χ0n) is 16.5. The van der Waals surface area contributed by atoms with Gasteiger partial charge >= 0.3 is 0 Å². The molecule has 1 N–H and O–H groups in total. The number of rotatable bonds is 7. The molecule has 3 rings (SSSR count). The Labute approximate surface area is 165 Å². The van der Waals surface area contributed by atoms with E-state index in [4.69, 9.17) is 0 Å². The summed E-state index contributed by atoms with van der Waals surface area (Å²) in [5, 5.41) is 3.23. The van der Waals surface area contributed by atoms with Crippen LogP contribution in [0.3, 0.4) is 0 Å². The molecule has 28 heavy (non-hydrogen) atoms. The number of benzene rings is 1. The maximum atomic E-state index is 13.2. The van der Waals surface area contributed by atoms with Crippen molar-refractivity contribution in [2.24, 2.45) is 0 Å². The van der Waals surface area contributed by atoms with Crippen LogP contribution in [0.1, 0.15) is 41.4 Å². The van der Waals surface area contributed by atoms with Gasteiger partial charge in [0.05, 0.1) is 12.2 Å². The first kappa shape index (κ1) is 19.5. The Morgan fingerprint density at radius 2 is 1.82 bits per heavy atom. The van der Waals surface area contributed by atoms with Crippen molar-refractivity contribution in [1.82, 2.24) is 19.9 Å². The molecule has 0 unspecified atom stereocenters. The van der Waals surface area contributed by atoms with Gasteiger partial charge in [-0.25, -0.2) is 9.97 Å². The lowest BCUT2D eigenvalue weighted by Gasteiger charge is -2.26. The van der Waals surface area contributed by atoms with Gasteiger partial charge in [0.25, 0.3) is 5.91 Å². The molecule has 0 saturated heterocycles. The van der Waals surface area contributed by atoms with Crippen molar-refractivity contribution >= 4 is 11.7 Å². The van der Waals surface area contributed by atoms with Crippen LogP contribution in [-0.4, -0.2) is 31.8 Å². The zero-order valence-corrected chi connectivity index (χ0v) is 16.5. The lowest BCUT2D eigenvalue weighted by atomic mass is 10.1. The van der Waals surface area contributed by atoms with Crippen molar-refractivity contribution in [3.05, 3.63) is 83.6 Å². The molecule has 3 aromatic rings. The number of aryl methyl sites for hydroxylation is 1. The first-order valence-corrected chi connectivity index (χ1v) is 9.37. The quantitative estimate of drug-likeness (QED) is 0.679. The van der Waals surface area contributed by atoms with Gasteiger partial charge in [-0.1, -0.05) is 36.4 Å². The van der Waals surface area contributed by atoms with Crippen molar-refractivity contribution < 1.29 is 4.79 Å². The third-order valence-corrected chi connectivity index (χ3v) is 4.31. The van der Waals surface area contributed by atoms with Crippen molar-refractivity contribution in [3.63, 3.8) is 0 Å². The SMILES string of the molecule is Cc1nc(NCc2ccccn2)cc(C(=O)N(Cc2ccccc2)C(C)C)n1. The first-order chi connectivity index (χ1) is 13.5. The molecule has 0 fully saturated rings. The molecule has 0 aliphatic carbocycles. The molecular weight excluding hydrogens is 350 g/mol. The third-order valence-electron chi connectivity index (χ3n) is 4.31. The number of nitrogens with one attached hydrogen (secondary N) is 1. The minimum absolute atomic E-state index is 0.0490. The summed E-state index contributed by atoms with van der Waals surface area (Å²) in [6.45, 7) is 6.88. The number of hydrogen-bond acceptors (Lipinski definition) is 5. The normalized spacial score (nSPS) is 10.7. The highest BCUT2D eigenvalue weighted by atomic mass is 16.2. The minimum Gasteiger partial charge on any atom is -0.364 e. The second-order valence-electron chi connectivity index (χ2n) is 6.87. The van der Waals surface area contributed by atoms with E-state index < -0.39 is 0 Å². The van der Waals surface area contributed by atoms with E-state index in [1.54, 1.807) is 19.2 Å². The molecule has 144 valence electrons. The number of aromatic nitrogens is 3. The van der Waals surface area contributed by atoms with Crippen molar-refractivity contribution in [1.29, 1.82) is 0 Å². The molecule has 0 radical (unpaired) electrons. The Bertz CT molecular complexity index is 913. The van der Waals surface area contributed by atoms with E-state index in [1.807, 2.05) is 67.3 Å². The third kappa shape index (κ3) is 5.13. The van der Waals surface area contributed by atoms with Crippen LogP contribution in [0.2, 0.25) is 0 Å². The summed E-state index contributed by atoms with van der Waals surface area (Å²) in [4.78, 5) is 28.0. The Balaban J connectivity index is 1.78. The van der Waals surface area contributed by atoms with Crippen molar-refractivity contribution in [2.75, 3.05) is 5.32 Å². The summed E-state index contributed by atoms with van der Waals surface area (Å²) in [5.41, 5.74) is 2.38. The number of pyridine rings is 1. The number of hydrogen-bond donors (Lipinski definition) is 1. The van der Waals surface area contributed by atoms with Crippen LogP contribution in [0.4, 0.5) is 5.82 Å². The summed E-state index contributed by atoms with van der Waals surface area (Å²) in [6.07, 6.45) is 1.75. The van der Waals surface area contributed by atoms with Crippen LogP contribution in [0, 0.1) is 6.92 Å². The fourth-order valence-electron chi connectivity index (χ4n) is 2.87. The van der Waals surface area contributed by atoms with E-state index >= 15 is 0 Å². The molecule has 0 bridgehead atoms. The maximum Gasteiger partial charge on any atom is 0.273 e. The lowest BCUT2D eigenvalue weighted by molar-refractivity contribution is 0.0684. The minimum atomic E-state index is -0.106. The van der Waals surface area contributed by atoms with Gasteiger partial charge in [-0.3, -0.25) is 9.78 Å². The van der Waals surface area contributed by atoms with E-state index in [0.717, 1.165) is 11.3 Å². The van der Waals surface area contributed by atoms with Gasteiger partial charge in [0, 0.05) is 24.8 Å². The van der Waals surface area contributed by atoms with E-state index in [9.17, 15) is 4.79 Å². The molecule has 0 spiro atoms. The number of nitrogens with zero attached hydrogens (tertiary/aromatic N) is 4. The summed E-state index contributed by atoms with van der Waals surface area (Å²) < 4.78 is 0. The molecule has 0 aliphatic rings. The van der Waals surface area contributed by atoms with Crippen LogP contribution in [-0.2, 0) is 13.1 Å². The fraction of sp³-hybridized carbons (Fsp3) is 0.273. The topological polar surface area (TPSA) is 71.0 Å². The Kier molecular flexibility index (Phi) is 6.32. The lowest BCUT2D eigenvalue weighted by Crippen LogP contribution is -2.37. The zero-order chi connectivity index (χ0) is 19.9. The molecule has 0 aliphatic heterocycles. The number of carbonyl (C=O) groups is 1.